The number of hydrogen-bond acceptors (Lipinski definition) is 5. The molecule has 2 aromatic rings. The molecule has 1 amide bonds. The lowest BCUT2D eigenvalue weighted by atomic mass is 10.3. The fourth-order valence-corrected chi connectivity index (χ4v) is 2.48. The normalized spacial score (nSPS) is 11.5. The van der Waals surface area contributed by atoms with Crippen LogP contribution in [-0.2, 0) is 4.79 Å². The second-order valence-corrected chi connectivity index (χ2v) is 5.38. The molecular weight excluding hydrogens is 319 g/mol. The molecule has 1 aromatic heterocycles. The summed E-state index contributed by atoms with van der Waals surface area (Å²) in [5.74, 6) is -0.399. The zero-order chi connectivity index (χ0) is 16.2. The van der Waals surface area contributed by atoms with Gasteiger partial charge in [-0.15, -0.1) is 5.10 Å². The Bertz CT molecular complexity index is 658. The van der Waals surface area contributed by atoms with Crippen molar-refractivity contribution in [2.75, 3.05) is 11.1 Å². The van der Waals surface area contributed by atoms with E-state index in [4.69, 9.17) is 0 Å². The van der Waals surface area contributed by atoms with Gasteiger partial charge in [0, 0.05) is 18.4 Å². The number of rotatable bonds is 5. The maximum atomic E-state index is 12.2. The monoisotopic (exact) mass is 331 g/mol. The van der Waals surface area contributed by atoms with Crippen LogP contribution < -0.4 is 5.32 Å². The van der Waals surface area contributed by atoms with Gasteiger partial charge >= 0.3 is 6.18 Å². The molecule has 1 N–H and O–H groups in total. The van der Waals surface area contributed by atoms with E-state index in [1.54, 1.807) is 24.3 Å². The van der Waals surface area contributed by atoms with Crippen LogP contribution in [0.25, 0.3) is 5.69 Å². The highest BCUT2D eigenvalue weighted by Crippen LogP contribution is 2.26. The zero-order valence-electron chi connectivity index (χ0n) is 11.5. The summed E-state index contributed by atoms with van der Waals surface area (Å²) in [6, 6.07) is 6.69. The zero-order valence-corrected chi connectivity index (χ0v) is 12.3. The van der Waals surface area contributed by atoms with Gasteiger partial charge in [-0.1, -0.05) is 17.8 Å². The Morgan fingerprint density at radius 3 is 2.86 bits per heavy atom. The smallest absolute Gasteiger partial charge is 0.326 e. The fourth-order valence-electron chi connectivity index (χ4n) is 1.61. The number of carbonyl (C=O) groups is 1. The number of alkyl halides is 3. The van der Waals surface area contributed by atoms with Crippen molar-refractivity contribution in [3.63, 3.8) is 0 Å². The van der Waals surface area contributed by atoms with Gasteiger partial charge in [0.2, 0.25) is 11.1 Å². The van der Waals surface area contributed by atoms with Crippen LogP contribution in [0.3, 0.4) is 0 Å². The minimum Gasteiger partial charge on any atom is -0.326 e. The first-order chi connectivity index (χ1) is 10.3. The minimum absolute atomic E-state index is 0.171. The van der Waals surface area contributed by atoms with Crippen molar-refractivity contribution in [3.8, 4) is 5.69 Å². The molecule has 0 atom stereocenters. The number of tetrazole rings is 1. The summed E-state index contributed by atoms with van der Waals surface area (Å²) in [7, 11) is 0. The number of benzene rings is 1. The lowest BCUT2D eigenvalue weighted by molar-refractivity contribution is -0.129. The van der Waals surface area contributed by atoms with Gasteiger partial charge in [-0.3, -0.25) is 4.79 Å². The molecule has 0 bridgehead atoms. The fraction of sp³-hybridized carbons (Fsp3) is 0.333. The van der Waals surface area contributed by atoms with E-state index in [0.717, 1.165) is 11.8 Å². The van der Waals surface area contributed by atoms with Gasteiger partial charge < -0.3 is 5.32 Å². The quantitative estimate of drug-likeness (QED) is 0.853. The molecule has 0 unspecified atom stereocenters. The molecule has 0 fully saturated rings. The van der Waals surface area contributed by atoms with Crippen LogP contribution in [0.4, 0.5) is 18.9 Å². The van der Waals surface area contributed by atoms with Crippen LogP contribution in [0.5, 0.6) is 0 Å². The lowest BCUT2D eigenvalue weighted by Crippen LogP contribution is -2.09. The summed E-state index contributed by atoms with van der Waals surface area (Å²) in [5, 5.41) is 13.8. The second kappa shape index (κ2) is 6.77. The van der Waals surface area contributed by atoms with Crippen LogP contribution >= 0.6 is 11.8 Å². The van der Waals surface area contributed by atoms with Crippen LogP contribution in [0.2, 0.25) is 0 Å². The van der Waals surface area contributed by atoms with Gasteiger partial charge in [0.05, 0.1) is 12.1 Å². The predicted octanol–water partition coefficient (Wildman–Crippen LogP) is 2.67. The van der Waals surface area contributed by atoms with Gasteiger partial charge in [0.25, 0.3) is 0 Å². The third-order valence-corrected chi connectivity index (χ3v) is 3.39. The number of thioether (sulfide) groups is 1. The van der Waals surface area contributed by atoms with Gasteiger partial charge in [0.1, 0.15) is 0 Å². The van der Waals surface area contributed by atoms with E-state index in [1.807, 2.05) is 0 Å². The van der Waals surface area contributed by atoms with Gasteiger partial charge in [0.15, 0.2) is 0 Å². The van der Waals surface area contributed by atoms with Crippen molar-refractivity contribution in [2.45, 2.75) is 24.7 Å². The maximum absolute atomic E-state index is 12.2. The molecule has 0 aliphatic rings. The Morgan fingerprint density at radius 1 is 1.41 bits per heavy atom. The highest BCUT2D eigenvalue weighted by atomic mass is 32.2. The summed E-state index contributed by atoms with van der Waals surface area (Å²) in [5.41, 5.74) is 1.09. The average Bonchev–Trinajstić information content (AvgIpc) is 2.85. The largest absolute Gasteiger partial charge is 0.389 e. The molecule has 22 heavy (non-hydrogen) atoms. The van der Waals surface area contributed by atoms with E-state index < -0.39 is 12.6 Å². The van der Waals surface area contributed by atoms with Gasteiger partial charge in [-0.25, -0.2) is 0 Å². The second-order valence-electron chi connectivity index (χ2n) is 4.32. The molecule has 2 rings (SSSR count). The Labute approximate surface area is 128 Å². The van der Waals surface area contributed by atoms with Crippen LogP contribution in [0.1, 0.15) is 13.3 Å². The molecule has 6 nitrogen and oxygen atoms in total. The third kappa shape index (κ3) is 4.72. The van der Waals surface area contributed by atoms with Crippen molar-refractivity contribution in [3.05, 3.63) is 24.3 Å². The van der Waals surface area contributed by atoms with Gasteiger partial charge in [-0.05, 0) is 28.6 Å². The SMILES string of the molecule is CC(=O)Nc1cccc(-n2nnnc2SCCC(F)(F)F)c1. The van der Waals surface area contributed by atoms with E-state index in [1.165, 1.54) is 11.6 Å². The molecule has 0 radical (unpaired) electrons. The van der Waals surface area contributed by atoms with Crippen molar-refractivity contribution >= 4 is 23.4 Å². The maximum Gasteiger partial charge on any atom is 0.389 e. The van der Waals surface area contributed by atoms with Crippen molar-refractivity contribution in [2.24, 2.45) is 0 Å². The standard InChI is InChI=1S/C12H12F3N5OS/c1-8(21)16-9-3-2-4-10(7-9)20-11(17-18-19-20)22-6-5-12(13,14)15/h2-4,7H,5-6H2,1H3,(H,16,21). The van der Waals surface area contributed by atoms with Gasteiger partial charge in [-0.2, -0.15) is 17.9 Å². The first kappa shape index (κ1) is 16.3. The number of hydrogen-bond donors (Lipinski definition) is 1. The number of aromatic nitrogens is 4. The number of anilines is 1. The highest BCUT2D eigenvalue weighted by molar-refractivity contribution is 7.99. The molecule has 0 aliphatic heterocycles. The Kier molecular flexibility index (Phi) is 5.01. The van der Waals surface area contributed by atoms with Crippen LogP contribution in [0.15, 0.2) is 29.4 Å². The summed E-state index contributed by atoms with van der Waals surface area (Å²) in [6.07, 6.45) is -5.13. The van der Waals surface area contributed by atoms with E-state index in [2.05, 4.69) is 20.8 Å². The lowest BCUT2D eigenvalue weighted by Gasteiger charge is -2.08. The van der Waals surface area contributed by atoms with Crippen molar-refractivity contribution in [1.29, 1.82) is 0 Å². The topological polar surface area (TPSA) is 72.7 Å². The minimum atomic E-state index is -4.21. The molecule has 10 heteroatoms. The molecule has 118 valence electrons. The van der Waals surface area contributed by atoms with E-state index >= 15 is 0 Å². The molecule has 0 spiro atoms. The summed E-state index contributed by atoms with van der Waals surface area (Å²) < 4.78 is 37.8. The molecular formula is C12H12F3N5OS. The number of carbonyl (C=O) groups excluding carboxylic acids is 1. The highest BCUT2D eigenvalue weighted by Gasteiger charge is 2.27. The number of nitrogens with one attached hydrogen (secondary N) is 1. The van der Waals surface area contributed by atoms with Crippen molar-refractivity contribution in [1.82, 2.24) is 20.2 Å². The Balaban J connectivity index is 2.13. The third-order valence-electron chi connectivity index (χ3n) is 2.47. The average molecular weight is 331 g/mol. The predicted molar refractivity (Wildman–Crippen MR) is 74.9 cm³/mol. The molecule has 1 heterocycles. The molecule has 0 aliphatic carbocycles. The van der Waals surface area contributed by atoms with Crippen LogP contribution in [0, 0.1) is 0 Å². The Morgan fingerprint density at radius 2 is 2.18 bits per heavy atom. The first-order valence-electron chi connectivity index (χ1n) is 6.21. The summed E-state index contributed by atoms with van der Waals surface area (Å²) in [6.45, 7) is 1.38. The van der Waals surface area contributed by atoms with Crippen molar-refractivity contribution < 1.29 is 18.0 Å². The van der Waals surface area contributed by atoms with Crippen LogP contribution in [-0.4, -0.2) is 38.0 Å². The first-order valence-corrected chi connectivity index (χ1v) is 7.20. The molecule has 0 saturated carbocycles. The van der Waals surface area contributed by atoms with E-state index in [0.29, 0.717) is 11.4 Å². The summed E-state index contributed by atoms with van der Waals surface area (Å²) >= 11 is 0.915. The summed E-state index contributed by atoms with van der Waals surface area (Å²) in [4.78, 5) is 11.0. The van der Waals surface area contributed by atoms with E-state index in [-0.39, 0.29) is 16.8 Å². The number of halogens is 3. The molecule has 1 aromatic carbocycles. The number of amides is 1. The number of nitrogens with zero attached hydrogens (tertiary/aromatic N) is 4. The Hall–Kier alpha value is -2.10. The molecule has 0 saturated heterocycles. The van der Waals surface area contributed by atoms with E-state index in [9.17, 15) is 18.0 Å².